The van der Waals surface area contributed by atoms with Gasteiger partial charge in [0.1, 0.15) is 10.9 Å². The van der Waals surface area contributed by atoms with E-state index in [0.29, 0.717) is 16.6 Å². The molecule has 0 saturated carbocycles. The fourth-order valence-corrected chi connectivity index (χ4v) is 2.82. The predicted octanol–water partition coefficient (Wildman–Crippen LogP) is 1.71. The lowest BCUT2D eigenvalue weighted by atomic mass is 10.2. The normalized spacial score (nSPS) is 20.9. The molecular weight excluding hydrogens is 220 g/mol. The quantitative estimate of drug-likeness (QED) is 0.838. The van der Waals surface area contributed by atoms with Gasteiger partial charge in [0, 0.05) is 12.6 Å². The van der Waals surface area contributed by atoms with Gasteiger partial charge in [-0.1, -0.05) is 0 Å². The summed E-state index contributed by atoms with van der Waals surface area (Å²) in [7, 11) is 2.16. The molecule has 1 aromatic heterocycles. The number of thiophene rings is 1. The number of anilines is 2. The monoisotopic (exact) mass is 236 g/mol. The number of likely N-dealkylation sites (tertiary alicyclic amines) is 1. The minimum absolute atomic E-state index is 0.578. The zero-order valence-electron chi connectivity index (χ0n) is 9.36. The number of nitrogens with zero attached hydrogens (tertiary/aromatic N) is 2. The molecule has 2 heterocycles. The first-order valence-corrected chi connectivity index (χ1v) is 6.26. The molecule has 1 unspecified atom stereocenters. The van der Waals surface area contributed by atoms with Gasteiger partial charge < -0.3 is 16.0 Å². The molecule has 2 rings (SSSR count). The maximum absolute atomic E-state index is 8.80. The lowest BCUT2D eigenvalue weighted by molar-refractivity contribution is 0.322. The van der Waals surface area contributed by atoms with Gasteiger partial charge in [-0.05, 0) is 32.5 Å². The van der Waals surface area contributed by atoms with Gasteiger partial charge in [-0.25, -0.2) is 0 Å². The van der Waals surface area contributed by atoms with Crippen LogP contribution < -0.4 is 11.1 Å². The molecule has 16 heavy (non-hydrogen) atoms. The van der Waals surface area contributed by atoms with Crippen molar-refractivity contribution in [2.24, 2.45) is 0 Å². The second kappa shape index (κ2) is 4.73. The standard InChI is InChI=1S/C11H16N4S/c1-15-4-2-3-8(15)7-14-11-5-9(13)10(6-12)16-11/h5,8,14H,2-4,7,13H2,1H3. The van der Waals surface area contributed by atoms with E-state index in [1.54, 1.807) is 0 Å². The van der Waals surface area contributed by atoms with E-state index in [1.807, 2.05) is 6.07 Å². The number of nitriles is 1. The Hall–Kier alpha value is -1.25. The average Bonchev–Trinajstić information content (AvgIpc) is 2.82. The summed E-state index contributed by atoms with van der Waals surface area (Å²) in [6.45, 7) is 2.11. The van der Waals surface area contributed by atoms with Crippen molar-refractivity contribution in [3.05, 3.63) is 10.9 Å². The van der Waals surface area contributed by atoms with Crippen LogP contribution in [0.5, 0.6) is 0 Å². The highest BCUT2D eigenvalue weighted by Crippen LogP contribution is 2.28. The van der Waals surface area contributed by atoms with Crippen LogP contribution in [0.1, 0.15) is 17.7 Å². The van der Waals surface area contributed by atoms with Crippen LogP contribution in [0.3, 0.4) is 0 Å². The highest BCUT2D eigenvalue weighted by atomic mass is 32.1. The lowest BCUT2D eigenvalue weighted by Crippen LogP contribution is -2.31. The Morgan fingerprint density at radius 2 is 2.56 bits per heavy atom. The van der Waals surface area contributed by atoms with Gasteiger partial charge in [0.2, 0.25) is 0 Å². The van der Waals surface area contributed by atoms with E-state index in [2.05, 4.69) is 23.3 Å². The van der Waals surface area contributed by atoms with Crippen LogP contribution in [-0.4, -0.2) is 31.1 Å². The Labute approximate surface area is 99.7 Å². The Morgan fingerprint density at radius 1 is 1.75 bits per heavy atom. The van der Waals surface area contributed by atoms with Crippen molar-refractivity contribution in [3.63, 3.8) is 0 Å². The van der Waals surface area contributed by atoms with Crippen molar-refractivity contribution < 1.29 is 0 Å². The maximum atomic E-state index is 8.80. The van der Waals surface area contributed by atoms with E-state index in [4.69, 9.17) is 11.0 Å². The largest absolute Gasteiger partial charge is 0.397 e. The number of nitrogens with one attached hydrogen (secondary N) is 1. The van der Waals surface area contributed by atoms with Gasteiger partial charge in [0.05, 0.1) is 10.7 Å². The molecule has 1 aromatic rings. The summed E-state index contributed by atoms with van der Waals surface area (Å²) in [5.41, 5.74) is 6.28. The van der Waals surface area contributed by atoms with Crippen molar-refractivity contribution in [3.8, 4) is 6.07 Å². The molecule has 0 radical (unpaired) electrons. The molecule has 4 nitrogen and oxygen atoms in total. The third kappa shape index (κ3) is 2.29. The van der Waals surface area contributed by atoms with Gasteiger partial charge in [0.25, 0.3) is 0 Å². The molecule has 86 valence electrons. The SMILES string of the molecule is CN1CCCC1CNc1cc(N)c(C#N)s1. The fourth-order valence-electron chi connectivity index (χ4n) is 2.04. The highest BCUT2D eigenvalue weighted by Gasteiger charge is 2.20. The van der Waals surface area contributed by atoms with Crippen LogP contribution in [-0.2, 0) is 0 Å². The van der Waals surface area contributed by atoms with Gasteiger partial charge >= 0.3 is 0 Å². The minimum Gasteiger partial charge on any atom is -0.397 e. The zero-order valence-corrected chi connectivity index (χ0v) is 10.2. The molecule has 1 saturated heterocycles. The highest BCUT2D eigenvalue weighted by molar-refractivity contribution is 7.17. The molecule has 5 heteroatoms. The van der Waals surface area contributed by atoms with Crippen molar-refractivity contribution >= 4 is 22.0 Å². The number of nitrogens with two attached hydrogens (primary N) is 1. The second-order valence-corrected chi connectivity index (χ2v) is 5.22. The van der Waals surface area contributed by atoms with Crippen LogP contribution in [0.2, 0.25) is 0 Å². The summed E-state index contributed by atoms with van der Waals surface area (Å²) in [4.78, 5) is 2.97. The molecule has 0 aromatic carbocycles. The van der Waals surface area contributed by atoms with E-state index in [0.717, 1.165) is 11.5 Å². The van der Waals surface area contributed by atoms with Crippen LogP contribution in [0.15, 0.2) is 6.07 Å². The van der Waals surface area contributed by atoms with Crippen molar-refractivity contribution in [2.75, 3.05) is 31.2 Å². The van der Waals surface area contributed by atoms with Gasteiger partial charge in [-0.15, -0.1) is 11.3 Å². The topological polar surface area (TPSA) is 65.1 Å². The third-order valence-electron chi connectivity index (χ3n) is 3.05. The number of likely N-dealkylation sites (N-methyl/N-ethyl adjacent to an activating group) is 1. The molecular formula is C11H16N4S. The zero-order chi connectivity index (χ0) is 11.5. The summed E-state index contributed by atoms with van der Waals surface area (Å²) in [6, 6.07) is 4.55. The van der Waals surface area contributed by atoms with Crippen molar-refractivity contribution in [1.29, 1.82) is 5.26 Å². The van der Waals surface area contributed by atoms with E-state index in [1.165, 1.54) is 30.7 Å². The lowest BCUT2D eigenvalue weighted by Gasteiger charge is -2.19. The van der Waals surface area contributed by atoms with Crippen LogP contribution in [0.4, 0.5) is 10.7 Å². The Morgan fingerprint density at radius 3 is 3.12 bits per heavy atom. The van der Waals surface area contributed by atoms with Gasteiger partial charge in [0.15, 0.2) is 0 Å². The molecule has 0 aliphatic carbocycles. The summed E-state index contributed by atoms with van der Waals surface area (Å²) in [5, 5.41) is 13.2. The summed E-state index contributed by atoms with van der Waals surface area (Å²) in [6.07, 6.45) is 2.52. The number of rotatable bonds is 3. The summed E-state index contributed by atoms with van der Waals surface area (Å²) in [5.74, 6) is 0. The maximum Gasteiger partial charge on any atom is 0.129 e. The Balaban J connectivity index is 1.92. The van der Waals surface area contributed by atoms with Crippen molar-refractivity contribution in [2.45, 2.75) is 18.9 Å². The Kier molecular flexibility index (Phi) is 3.32. The first-order valence-electron chi connectivity index (χ1n) is 5.44. The van der Waals surface area contributed by atoms with Crippen LogP contribution in [0, 0.1) is 11.3 Å². The van der Waals surface area contributed by atoms with E-state index < -0.39 is 0 Å². The number of nitrogen functional groups attached to an aromatic ring is 1. The number of hydrogen-bond acceptors (Lipinski definition) is 5. The third-order valence-corrected chi connectivity index (χ3v) is 4.06. The van der Waals surface area contributed by atoms with E-state index in [9.17, 15) is 0 Å². The first kappa shape index (κ1) is 11.2. The Bertz CT molecular complexity index is 407. The van der Waals surface area contributed by atoms with E-state index in [-0.39, 0.29) is 0 Å². The van der Waals surface area contributed by atoms with Crippen LogP contribution >= 0.6 is 11.3 Å². The predicted molar refractivity (Wildman–Crippen MR) is 67.6 cm³/mol. The second-order valence-electron chi connectivity index (χ2n) is 4.16. The van der Waals surface area contributed by atoms with Gasteiger partial charge in [-0.3, -0.25) is 0 Å². The summed E-state index contributed by atoms with van der Waals surface area (Å²) < 4.78 is 0. The van der Waals surface area contributed by atoms with Crippen LogP contribution in [0.25, 0.3) is 0 Å². The minimum atomic E-state index is 0.578. The fraction of sp³-hybridized carbons (Fsp3) is 0.545. The van der Waals surface area contributed by atoms with E-state index >= 15 is 0 Å². The molecule has 1 fully saturated rings. The molecule has 0 amide bonds. The summed E-state index contributed by atoms with van der Waals surface area (Å²) >= 11 is 1.43. The number of hydrogen-bond donors (Lipinski definition) is 2. The molecule has 3 N–H and O–H groups in total. The molecule has 1 atom stereocenters. The van der Waals surface area contributed by atoms with Gasteiger partial charge in [-0.2, -0.15) is 5.26 Å². The first-order chi connectivity index (χ1) is 7.70. The molecule has 0 spiro atoms. The smallest absolute Gasteiger partial charge is 0.129 e. The molecule has 1 aliphatic heterocycles. The molecule has 1 aliphatic rings. The van der Waals surface area contributed by atoms with Crippen molar-refractivity contribution in [1.82, 2.24) is 4.90 Å². The average molecular weight is 236 g/mol. The molecule has 0 bridgehead atoms.